The van der Waals surface area contributed by atoms with Gasteiger partial charge < -0.3 is 27.0 Å². The molecule has 15 heavy (non-hydrogen) atoms. The number of likely N-dealkylation sites (N-methyl/N-ethyl adjacent to an activating group) is 1. The van der Waals surface area contributed by atoms with Gasteiger partial charge in [0, 0.05) is 52.4 Å². The molecule has 5 nitrogen and oxygen atoms in total. The van der Waals surface area contributed by atoms with Crippen molar-refractivity contribution in [1.29, 1.82) is 0 Å². The minimum atomic E-state index is 0.708. The van der Waals surface area contributed by atoms with Crippen LogP contribution < -0.4 is 22.1 Å². The first-order chi connectivity index (χ1) is 7.35. The second-order valence-corrected chi connectivity index (χ2v) is 3.51. The zero-order valence-corrected chi connectivity index (χ0v) is 9.97. The normalized spacial score (nSPS) is 11.2. The summed E-state index contributed by atoms with van der Waals surface area (Å²) in [5.41, 5.74) is 10.9. The van der Waals surface area contributed by atoms with E-state index in [4.69, 9.17) is 11.5 Å². The lowest BCUT2D eigenvalue weighted by Gasteiger charge is -2.19. The highest BCUT2D eigenvalue weighted by Crippen LogP contribution is 1.83. The molecule has 0 saturated carbocycles. The van der Waals surface area contributed by atoms with Gasteiger partial charge in [0.15, 0.2) is 0 Å². The maximum Gasteiger partial charge on any atom is 0.0107 e. The highest BCUT2D eigenvalue weighted by atomic mass is 15.1. The van der Waals surface area contributed by atoms with E-state index in [0.29, 0.717) is 6.54 Å². The molecule has 0 spiro atoms. The summed E-state index contributed by atoms with van der Waals surface area (Å²) in [7, 11) is 0. The third-order valence-corrected chi connectivity index (χ3v) is 2.30. The van der Waals surface area contributed by atoms with Crippen molar-refractivity contribution in [3.05, 3.63) is 0 Å². The Balaban J connectivity index is 3.14. The van der Waals surface area contributed by atoms with E-state index in [2.05, 4.69) is 22.5 Å². The van der Waals surface area contributed by atoms with Crippen molar-refractivity contribution >= 4 is 0 Å². The van der Waals surface area contributed by atoms with E-state index in [1.165, 1.54) is 0 Å². The van der Waals surface area contributed by atoms with Crippen molar-refractivity contribution in [2.24, 2.45) is 11.5 Å². The number of rotatable bonds is 11. The van der Waals surface area contributed by atoms with Crippen LogP contribution in [0.25, 0.3) is 0 Å². The highest BCUT2D eigenvalue weighted by Gasteiger charge is 1.98. The van der Waals surface area contributed by atoms with Gasteiger partial charge in [0.2, 0.25) is 0 Å². The van der Waals surface area contributed by atoms with Crippen molar-refractivity contribution in [2.75, 3.05) is 58.9 Å². The van der Waals surface area contributed by atoms with Gasteiger partial charge >= 0.3 is 0 Å². The second-order valence-electron chi connectivity index (χ2n) is 3.51. The molecule has 0 saturated heterocycles. The van der Waals surface area contributed by atoms with Gasteiger partial charge in [-0.3, -0.25) is 0 Å². The van der Waals surface area contributed by atoms with Crippen LogP contribution in [0.15, 0.2) is 0 Å². The van der Waals surface area contributed by atoms with Gasteiger partial charge in [-0.15, -0.1) is 0 Å². The number of nitrogens with two attached hydrogens (primary N) is 2. The molecule has 0 unspecified atom stereocenters. The van der Waals surface area contributed by atoms with E-state index in [0.717, 1.165) is 52.4 Å². The summed E-state index contributed by atoms with van der Waals surface area (Å²) in [4.78, 5) is 2.35. The lowest BCUT2D eigenvalue weighted by atomic mass is 10.4. The summed E-state index contributed by atoms with van der Waals surface area (Å²) in [6.07, 6.45) is 0. The fourth-order valence-electron chi connectivity index (χ4n) is 1.38. The summed E-state index contributed by atoms with van der Waals surface area (Å²) in [5.74, 6) is 0. The molecular weight excluding hydrogens is 190 g/mol. The maximum atomic E-state index is 5.51. The van der Waals surface area contributed by atoms with Crippen LogP contribution in [0.1, 0.15) is 6.92 Å². The summed E-state index contributed by atoms with van der Waals surface area (Å²) in [6, 6.07) is 0. The monoisotopic (exact) mass is 217 g/mol. The predicted octanol–water partition coefficient (Wildman–Crippen LogP) is -1.60. The molecular formula is C10H27N5. The van der Waals surface area contributed by atoms with Gasteiger partial charge in [-0.25, -0.2) is 0 Å². The first-order valence-electron chi connectivity index (χ1n) is 5.89. The Hall–Kier alpha value is -0.200. The molecule has 0 aliphatic carbocycles. The molecule has 0 fully saturated rings. The van der Waals surface area contributed by atoms with E-state index in [9.17, 15) is 0 Å². The molecule has 0 radical (unpaired) electrons. The third kappa shape index (κ3) is 10.1. The summed E-state index contributed by atoms with van der Waals surface area (Å²) < 4.78 is 0. The van der Waals surface area contributed by atoms with Crippen LogP contribution in [0.3, 0.4) is 0 Å². The van der Waals surface area contributed by atoms with E-state index < -0.39 is 0 Å². The van der Waals surface area contributed by atoms with E-state index in [1.54, 1.807) is 0 Å². The number of nitrogens with zero attached hydrogens (tertiary/aromatic N) is 1. The molecule has 92 valence electrons. The first kappa shape index (κ1) is 14.8. The van der Waals surface area contributed by atoms with Gasteiger partial charge in [0.25, 0.3) is 0 Å². The summed E-state index contributed by atoms with van der Waals surface area (Å²) in [5, 5.41) is 6.62. The molecule has 6 N–H and O–H groups in total. The average molecular weight is 217 g/mol. The topological polar surface area (TPSA) is 79.3 Å². The van der Waals surface area contributed by atoms with Crippen LogP contribution in [0, 0.1) is 0 Å². The molecule has 0 amide bonds. The molecule has 0 aromatic heterocycles. The van der Waals surface area contributed by atoms with Gasteiger partial charge in [0.05, 0.1) is 0 Å². The summed E-state index contributed by atoms with van der Waals surface area (Å²) in [6.45, 7) is 10.7. The Morgan fingerprint density at radius 2 is 1.53 bits per heavy atom. The van der Waals surface area contributed by atoms with Gasteiger partial charge in [-0.1, -0.05) is 6.92 Å². The van der Waals surface area contributed by atoms with Crippen LogP contribution in [0.4, 0.5) is 0 Å². The maximum absolute atomic E-state index is 5.51. The smallest absolute Gasteiger partial charge is 0.0107 e. The zero-order chi connectivity index (χ0) is 11.4. The van der Waals surface area contributed by atoms with Gasteiger partial charge in [-0.2, -0.15) is 0 Å². The van der Waals surface area contributed by atoms with Crippen molar-refractivity contribution in [3.8, 4) is 0 Å². The lowest BCUT2D eigenvalue weighted by Crippen LogP contribution is -2.37. The molecule has 0 aromatic carbocycles. The van der Waals surface area contributed by atoms with Gasteiger partial charge in [0.1, 0.15) is 0 Å². The molecule has 0 rings (SSSR count). The van der Waals surface area contributed by atoms with Crippen LogP contribution in [0.5, 0.6) is 0 Å². The zero-order valence-electron chi connectivity index (χ0n) is 9.97. The van der Waals surface area contributed by atoms with Crippen LogP contribution in [-0.4, -0.2) is 63.8 Å². The minimum absolute atomic E-state index is 0.708. The second kappa shape index (κ2) is 11.9. The number of nitrogens with one attached hydrogen (secondary N) is 2. The Morgan fingerprint density at radius 3 is 2.07 bits per heavy atom. The Kier molecular flexibility index (Phi) is 11.7. The number of hydrogen-bond acceptors (Lipinski definition) is 5. The van der Waals surface area contributed by atoms with Crippen molar-refractivity contribution in [1.82, 2.24) is 15.5 Å². The molecule has 5 heteroatoms. The lowest BCUT2D eigenvalue weighted by molar-refractivity contribution is 0.295. The standard InChI is InChI=1S/C10H27N5/c1-2-15(9-4-12)10-8-14-7-6-13-5-3-11/h13-14H,2-12H2,1H3. The molecule has 0 aliphatic heterocycles. The molecule has 0 atom stereocenters. The Bertz CT molecular complexity index is 120. The van der Waals surface area contributed by atoms with Gasteiger partial charge in [-0.05, 0) is 6.54 Å². The fourth-order valence-corrected chi connectivity index (χ4v) is 1.38. The van der Waals surface area contributed by atoms with Crippen molar-refractivity contribution in [2.45, 2.75) is 6.92 Å². The molecule has 0 aliphatic rings. The average Bonchev–Trinajstić information content (AvgIpc) is 2.26. The SMILES string of the molecule is CCN(CCN)CCNCCNCCN. The first-order valence-corrected chi connectivity index (χ1v) is 5.89. The number of hydrogen-bond donors (Lipinski definition) is 4. The fraction of sp³-hybridized carbons (Fsp3) is 1.00. The molecule has 0 bridgehead atoms. The summed E-state index contributed by atoms with van der Waals surface area (Å²) >= 11 is 0. The van der Waals surface area contributed by atoms with Crippen molar-refractivity contribution < 1.29 is 0 Å². The quantitative estimate of drug-likeness (QED) is 0.314. The van der Waals surface area contributed by atoms with E-state index >= 15 is 0 Å². The Labute approximate surface area is 93.6 Å². The third-order valence-electron chi connectivity index (χ3n) is 2.30. The van der Waals surface area contributed by atoms with Crippen LogP contribution >= 0.6 is 0 Å². The van der Waals surface area contributed by atoms with Crippen LogP contribution in [-0.2, 0) is 0 Å². The van der Waals surface area contributed by atoms with E-state index in [-0.39, 0.29) is 0 Å². The minimum Gasteiger partial charge on any atom is -0.329 e. The Morgan fingerprint density at radius 1 is 0.867 bits per heavy atom. The van der Waals surface area contributed by atoms with Crippen molar-refractivity contribution in [3.63, 3.8) is 0 Å². The molecule has 0 heterocycles. The van der Waals surface area contributed by atoms with Crippen LogP contribution in [0.2, 0.25) is 0 Å². The highest BCUT2D eigenvalue weighted by molar-refractivity contribution is 4.59. The van der Waals surface area contributed by atoms with E-state index in [1.807, 2.05) is 0 Å². The molecule has 0 aromatic rings. The largest absolute Gasteiger partial charge is 0.329 e. The predicted molar refractivity (Wildman–Crippen MR) is 66.0 cm³/mol.